The Bertz CT molecular complexity index is 2100. The zero-order valence-electron chi connectivity index (χ0n) is 24.2. The quantitative estimate of drug-likeness (QED) is 0.184. The van der Waals surface area contributed by atoms with E-state index in [1.807, 2.05) is 45.0 Å². The zero-order chi connectivity index (χ0) is 31.0. The van der Waals surface area contributed by atoms with Crippen LogP contribution in [0.15, 0.2) is 107 Å². The molecule has 2 heterocycles. The van der Waals surface area contributed by atoms with Gasteiger partial charge >= 0.3 is 0 Å². The van der Waals surface area contributed by atoms with E-state index < -0.39 is 15.8 Å². The van der Waals surface area contributed by atoms with Gasteiger partial charge in [-0.1, -0.05) is 65.9 Å². The largest absolute Gasteiger partial charge is 0.325 e. The average molecular weight is 626 g/mol. The van der Waals surface area contributed by atoms with Gasteiger partial charge in [-0.05, 0) is 74.4 Å². The molecule has 0 aliphatic rings. The van der Waals surface area contributed by atoms with E-state index >= 15 is 0 Å². The number of carbonyl (C=O) groups excluding carboxylic acids is 1. The standard InChI is InChI=1S/C33H28FN5O3S2/c1-21-17-22(2)31(23(3)18-21)35-30(40)20-43-33-37-36-32(39(33)25-15-13-24(34)14-16-25)28-19-38(29-12-8-7-11-27(28)29)44(41,42)26-9-5-4-6-10-26/h4-19H,20H2,1-3H3,(H,35,40). The first kappa shape index (κ1) is 29.3. The molecule has 4 aromatic carbocycles. The fraction of sp³-hybridized carbons (Fsp3) is 0.121. The van der Waals surface area contributed by atoms with Gasteiger partial charge < -0.3 is 5.32 Å². The summed E-state index contributed by atoms with van der Waals surface area (Å²) in [7, 11) is -3.94. The maximum atomic E-state index is 13.9. The molecule has 2 aromatic heterocycles. The molecule has 222 valence electrons. The van der Waals surface area contributed by atoms with Gasteiger partial charge in [0.1, 0.15) is 5.82 Å². The van der Waals surface area contributed by atoms with E-state index in [1.54, 1.807) is 59.2 Å². The van der Waals surface area contributed by atoms with Gasteiger partial charge in [-0.15, -0.1) is 10.2 Å². The summed E-state index contributed by atoms with van der Waals surface area (Å²) in [4.78, 5) is 13.2. The molecular weight excluding hydrogens is 598 g/mol. The summed E-state index contributed by atoms with van der Waals surface area (Å²) in [5, 5.41) is 12.9. The molecule has 0 spiro atoms. The summed E-state index contributed by atoms with van der Waals surface area (Å²) < 4.78 is 44.3. The molecule has 1 N–H and O–H groups in total. The predicted molar refractivity (Wildman–Crippen MR) is 171 cm³/mol. The number of anilines is 1. The molecule has 11 heteroatoms. The highest BCUT2D eigenvalue weighted by atomic mass is 32.2. The number of hydrogen-bond acceptors (Lipinski definition) is 6. The molecule has 0 aliphatic heterocycles. The highest BCUT2D eigenvalue weighted by Gasteiger charge is 2.25. The maximum absolute atomic E-state index is 13.9. The number of thioether (sulfide) groups is 1. The number of fused-ring (bicyclic) bond motifs is 1. The van der Waals surface area contributed by atoms with Crippen LogP contribution < -0.4 is 5.32 Å². The van der Waals surface area contributed by atoms with Crippen LogP contribution in [0.4, 0.5) is 10.1 Å². The number of para-hydroxylation sites is 1. The Morgan fingerprint density at radius 2 is 1.55 bits per heavy atom. The van der Waals surface area contributed by atoms with E-state index in [4.69, 9.17) is 0 Å². The van der Waals surface area contributed by atoms with E-state index in [0.717, 1.165) is 22.4 Å². The summed E-state index contributed by atoms with van der Waals surface area (Å²) in [5.74, 6) is -0.240. The lowest BCUT2D eigenvalue weighted by molar-refractivity contribution is -0.113. The van der Waals surface area contributed by atoms with E-state index in [9.17, 15) is 17.6 Å². The van der Waals surface area contributed by atoms with Crippen LogP contribution in [0.2, 0.25) is 0 Å². The summed E-state index contributed by atoms with van der Waals surface area (Å²) in [6.45, 7) is 5.92. The fourth-order valence-electron chi connectivity index (χ4n) is 5.28. The number of benzene rings is 4. The van der Waals surface area contributed by atoms with Crippen molar-refractivity contribution in [1.29, 1.82) is 0 Å². The Morgan fingerprint density at radius 3 is 2.25 bits per heavy atom. The van der Waals surface area contributed by atoms with Crippen molar-refractivity contribution in [3.05, 3.63) is 120 Å². The second kappa shape index (κ2) is 11.7. The Balaban J connectivity index is 1.41. The molecule has 6 aromatic rings. The van der Waals surface area contributed by atoms with Crippen LogP contribution >= 0.6 is 11.8 Å². The number of carbonyl (C=O) groups is 1. The molecular formula is C33H28FN5O3S2. The van der Waals surface area contributed by atoms with Gasteiger partial charge in [0.05, 0.1) is 16.2 Å². The zero-order valence-corrected chi connectivity index (χ0v) is 25.8. The molecule has 0 atom stereocenters. The molecule has 0 fully saturated rings. The van der Waals surface area contributed by atoms with Gasteiger partial charge in [0, 0.05) is 28.5 Å². The first-order valence-electron chi connectivity index (χ1n) is 13.8. The highest BCUT2D eigenvalue weighted by Crippen LogP contribution is 2.35. The number of rotatable bonds is 8. The topological polar surface area (TPSA) is 98.9 Å². The van der Waals surface area contributed by atoms with Crippen LogP contribution in [-0.4, -0.2) is 38.8 Å². The predicted octanol–water partition coefficient (Wildman–Crippen LogP) is 6.92. The van der Waals surface area contributed by atoms with E-state index in [1.165, 1.54) is 34.1 Å². The van der Waals surface area contributed by atoms with E-state index in [2.05, 4.69) is 15.5 Å². The van der Waals surface area contributed by atoms with Gasteiger partial charge in [-0.25, -0.2) is 16.8 Å². The molecule has 0 aliphatic carbocycles. The average Bonchev–Trinajstić information content (AvgIpc) is 3.61. The molecule has 0 unspecified atom stereocenters. The molecule has 0 bridgehead atoms. The summed E-state index contributed by atoms with van der Waals surface area (Å²) >= 11 is 1.18. The summed E-state index contributed by atoms with van der Waals surface area (Å²) in [6.07, 6.45) is 1.53. The SMILES string of the molecule is Cc1cc(C)c(NC(=O)CSc2nnc(-c3cn(S(=O)(=O)c4ccccc4)c4ccccc34)n2-c2ccc(F)cc2)c(C)c1. The monoisotopic (exact) mass is 625 g/mol. The minimum absolute atomic E-state index is 0.0379. The normalized spacial score (nSPS) is 11.6. The lowest BCUT2D eigenvalue weighted by atomic mass is 10.1. The number of nitrogens with one attached hydrogen (secondary N) is 1. The minimum atomic E-state index is -3.94. The molecule has 6 rings (SSSR count). The van der Waals surface area contributed by atoms with Crippen molar-refractivity contribution in [1.82, 2.24) is 18.7 Å². The van der Waals surface area contributed by atoms with Crippen LogP contribution in [0.25, 0.3) is 28.0 Å². The fourth-order valence-corrected chi connectivity index (χ4v) is 7.42. The number of halogens is 1. The Hall–Kier alpha value is -4.74. The van der Waals surface area contributed by atoms with Crippen molar-refractivity contribution in [3.8, 4) is 17.1 Å². The van der Waals surface area contributed by atoms with Crippen LogP contribution in [-0.2, 0) is 14.8 Å². The van der Waals surface area contributed by atoms with E-state index in [-0.39, 0.29) is 16.6 Å². The lowest BCUT2D eigenvalue weighted by Crippen LogP contribution is -2.16. The first-order chi connectivity index (χ1) is 21.1. The van der Waals surface area contributed by atoms with Gasteiger partial charge in [0.25, 0.3) is 10.0 Å². The van der Waals surface area contributed by atoms with E-state index in [0.29, 0.717) is 33.1 Å². The number of nitrogens with zero attached hydrogens (tertiary/aromatic N) is 4. The molecule has 1 amide bonds. The van der Waals surface area contributed by atoms with Crippen LogP contribution in [0.1, 0.15) is 16.7 Å². The Morgan fingerprint density at radius 1 is 0.886 bits per heavy atom. The maximum Gasteiger partial charge on any atom is 0.268 e. The third-order valence-electron chi connectivity index (χ3n) is 7.21. The third kappa shape index (κ3) is 5.51. The van der Waals surface area contributed by atoms with Crippen molar-refractivity contribution in [3.63, 3.8) is 0 Å². The summed E-state index contributed by atoms with van der Waals surface area (Å²) in [6, 6.07) is 25.2. The van der Waals surface area contributed by atoms with Crippen molar-refractivity contribution in [2.45, 2.75) is 30.8 Å². The summed E-state index contributed by atoms with van der Waals surface area (Å²) in [5.41, 5.74) is 5.37. The highest BCUT2D eigenvalue weighted by molar-refractivity contribution is 7.99. The number of aryl methyl sites for hydroxylation is 3. The second-order valence-electron chi connectivity index (χ2n) is 10.4. The first-order valence-corrected chi connectivity index (χ1v) is 16.2. The number of aromatic nitrogens is 4. The smallest absolute Gasteiger partial charge is 0.268 e. The molecule has 44 heavy (non-hydrogen) atoms. The number of amides is 1. The van der Waals surface area contributed by atoms with Gasteiger partial charge in [-0.3, -0.25) is 9.36 Å². The van der Waals surface area contributed by atoms with Crippen molar-refractivity contribution in [2.75, 3.05) is 11.1 Å². The van der Waals surface area contributed by atoms with Gasteiger partial charge in [0.15, 0.2) is 11.0 Å². The Kier molecular flexibility index (Phi) is 7.83. The molecule has 0 saturated carbocycles. The van der Waals surface area contributed by atoms with Crippen LogP contribution in [0, 0.1) is 26.6 Å². The molecule has 0 radical (unpaired) electrons. The van der Waals surface area contributed by atoms with Crippen molar-refractivity contribution >= 4 is 44.3 Å². The van der Waals surface area contributed by atoms with Crippen LogP contribution in [0.3, 0.4) is 0 Å². The second-order valence-corrected chi connectivity index (χ2v) is 13.2. The van der Waals surface area contributed by atoms with Crippen LogP contribution in [0.5, 0.6) is 0 Å². The molecule has 8 nitrogen and oxygen atoms in total. The minimum Gasteiger partial charge on any atom is -0.325 e. The van der Waals surface area contributed by atoms with Gasteiger partial charge in [0.2, 0.25) is 5.91 Å². The van der Waals surface area contributed by atoms with Gasteiger partial charge in [-0.2, -0.15) is 0 Å². The molecule has 0 saturated heterocycles. The lowest BCUT2D eigenvalue weighted by Gasteiger charge is -2.13. The number of hydrogen-bond donors (Lipinski definition) is 1. The van der Waals surface area contributed by atoms with Crippen molar-refractivity contribution in [2.24, 2.45) is 0 Å². The Labute approximate surface area is 258 Å². The third-order valence-corrected chi connectivity index (χ3v) is 9.83. The van der Waals surface area contributed by atoms with Crippen molar-refractivity contribution < 1.29 is 17.6 Å².